The lowest BCUT2D eigenvalue weighted by atomic mass is 10.1. The Kier molecular flexibility index (Phi) is 2.99. The Balaban J connectivity index is 2.45. The average Bonchev–Trinajstić information content (AvgIpc) is 2.93. The Morgan fingerprint density at radius 1 is 1.59 bits per heavy atom. The molecule has 90 valence electrons. The molecule has 0 aromatic carbocycles. The zero-order valence-electron chi connectivity index (χ0n) is 10.1. The number of ether oxygens (including phenoxy) is 1. The molecule has 2 aromatic rings. The first-order chi connectivity index (χ1) is 8.17. The summed E-state index contributed by atoms with van der Waals surface area (Å²) in [6, 6.07) is 1.70. The van der Waals surface area contributed by atoms with E-state index in [1.54, 1.807) is 23.9 Å². The zero-order valence-corrected chi connectivity index (χ0v) is 10.1. The number of furan rings is 1. The number of hydrogen-bond donors (Lipinski definition) is 0. The van der Waals surface area contributed by atoms with E-state index in [0.717, 1.165) is 0 Å². The molecule has 17 heavy (non-hydrogen) atoms. The van der Waals surface area contributed by atoms with Crippen LogP contribution < -0.4 is 4.74 Å². The van der Waals surface area contributed by atoms with Crippen LogP contribution in [0.25, 0.3) is 0 Å². The third-order valence-electron chi connectivity index (χ3n) is 2.53. The van der Waals surface area contributed by atoms with Crippen molar-refractivity contribution < 1.29 is 13.9 Å². The van der Waals surface area contributed by atoms with Gasteiger partial charge in [-0.15, -0.1) is 0 Å². The molecule has 2 aromatic heterocycles. The largest absolute Gasteiger partial charge is 0.493 e. The lowest BCUT2D eigenvalue weighted by molar-refractivity contribution is 0.102. The van der Waals surface area contributed by atoms with Crippen molar-refractivity contribution in [3.05, 3.63) is 35.5 Å². The lowest BCUT2D eigenvalue weighted by Crippen LogP contribution is -2.11. The van der Waals surface area contributed by atoms with Crippen molar-refractivity contribution in [2.45, 2.75) is 20.4 Å². The number of aryl methyl sites for hydroxylation is 2. The number of methoxy groups -OCH3 is 1. The van der Waals surface area contributed by atoms with Crippen LogP contribution in [-0.4, -0.2) is 22.7 Å². The van der Waals surface area contributed by atoms with Crippen molar-refractivity contribution in [2.75, 3.05) is 7.11 Å². The van der Waals surface area contributed by atoms with Crippen molar-refractivity contribution in [3.63, 3.8) is 0 Å². The lowest BCUT2D eigenvalue weighted by Gasteiger charge is -2.04. The number of hydrogen-bond acceptors (Lipinski definition) is 4. The number of ketones is 1. The van der Waals surface area contributed by atoms with Gasteiger partial charge in [0, 0.05) is 6.54 Å². The molecule has 0 amide bonds. The van der Waals surface area contributed by atoms with Crippen LogP contribution in [0.5, 0.6) is 5.75 Å². The first kappa shape index (κ1) is 11.4. The quantitative estimate of drug-likeness (QED) is 0.759. The molecule has 2 rings (SSSR count). The van der Waals surface area contributed by atoms with E-state index in [1.165, 1.54) is 13.4 Å². The van der Waals surface area contributed by atoms with Gasteiger partial charge in [-0.05, 0) is 19.9 Å². The van der Waals surface area contributed by atoms with Gasteiger partial charge in [-0.1, -0.05) is 0 Å². The van der Waals surface area contributed by atoms with Crippen LogP contribution in [0.2, 0.25) is 0 Å². The maximum atomic E-state index is 12.3. The highest BCUT2D eigenvalue weighted by Crippen LogP contribution is 2.22. The summed E-state index contributed by atoms with van der Waals surface area (Å²) >= 11 is 0. The van der Waals surface area contributed by atoms with Crippen molar-refractivity contribution in [3.8, 4) is 5.75 Å². The van der Waals surface area contributed by atoms with Crippen LogP contribution in [-0.2, 0) is 6.54 Å². The second kappa shape index (κ2) is 4.45. The van der Waals surface area contributed by atoms with Gasteiger partial charge in [-0.3, -0.25) is 9.48 Å². The second-order valence-corrected chi connectivity index (χ2v) is 3.65. The minimum absolute atomic E-state index is 0.141. The third kappa shape index (κ3) is 1.95. The molecule has 0 unspecified atom stereocenters. The van der Waals surface area contributed by atoms with Crippen LogP contribution in [0.1, 0.15) is 28.7 Å². The van der Waals surface area contributed by atoms with Gasteiger partial charge in [-0.25, -0.2) is 0 Å². The van der Waals surface area contributed by atoms with Crippen molar-refractivity contribution in [2.24, 2.45) is 0 Å². The van der Waals surface area contributed by atoms with E-state index in [4.69, 9.17) is 9.15 Å². The van der Waals surface area contributed by atoms with Crippen LogP contribution >= 0.6 is 0 Å². The molecule has 0 saturated carbocycles. The minimum Gasteiger partial charge on any atom is -0.493 e. The molecule has 5 nitrogen and oxygen atoms in total. The summed E-state index contributed by atoms with van der Waals surface area (Å²) in [5.41, 5.74) is 0.965. The maximum absolute atomic E-state index is 12.3. The normalized spacial score (nSPS) is 10.5. The van der Waals surface area contributed by atoms with E-state index < -0.39 is 0 Å². The van der Waals surface area contributed by atoms with Gasteiger partial charge in [0.15, 0.2) is 11.4 Å². The molecule has 0 bridgehead atoms. The van der Waals surface area contributed by atoms with Crippen LogP contribution in [0, 0.1) is 6.92 Å². The standard InChI is InChI=1S/C12H14N2O3/c1-4-14-11(10(16-3)6-13-14)12(15)9-5-8(2)17-7-9/h5-7H,4H2,1-3H3. The van der Waals surface area contributed by atoms with Crippen molar-refractivity contribution in [1.29, 1.82) is 0 Å². The van der Waals surface area contributed by atoms with E-state index in [0.29, 0.717) is 29.3 Å². The molecule has 0 aliphatic carbocycles. The van der Waals surface area contributed by atoms with Crippen LogP contribution in [0.15, 0.2) is 22.9 Å². The number of rotatable bonds is 4. The predicted molar refractivity (Wildman–Crippen MR) is 61.3 cm³/mol. The van der Waals surface area contributed by atoms with Crippen molar-refractivity contribution in [1.82, 2.24) is 9.78 Å². The Morgan fingerprint density at radius 3 is 2.88 bits per heavy atom. The van der Waals surface area contributed by atoms with Crippen LogP contribution in [0.4, 0.5) is 0 Å². The number of carbonyl (C=O) groups is 1. The smallest absolute Gasteiger partial charge is 0.218 e. The van der Waals surface area contributed by atoms with Crippen molar-refractivity contribution >= 4 is 5.78 Å². The molecule has 5 heteroatoms. The molecular weight excluding hydrogens is 220 g/mol. The van der Waals surface area contributed by atoms with Gasteiger partial charge in [-0.2, -0.15) is 5.10 Å². The average molecular weight is 234 g/mol. The van der Waals surface area contributed by atoms with Gasteiger partial charge < -0.3 is 9.15 Å². The van der Waals surface area contributed by atoms with E-state index in [2.05, 4.69) is 5.10 Å². The molecule has 0 spiro atoms. The third-order valence-corrected chi connectivity index (χ3v) is 2.53. The maximum Gasteiger partial charge on any atom is 0.218 e. The molecule has 0 aliphatic heterocycles. The fourth-order valence-electron chi connectivity index (χ4n) is 1.69. The second-order valence-electron chi connectivity index (χ2n) is 3.65. The molecule has 2 heterocycles. The zero-order chi connectivity index (χ0) is 12.4. The van der Waals surface area contributed by atoms with Gasteiger partial charge in [0.1, 0.15) is 12.0 Å². The summed E-state index contributed by atoms with van der Waals surface area (Å²) in [5.74, 6) is 1.05. The highest BCUT2D eigenvalue weighted by molar-refractivity contribution is 6.09. The predicted octanol–water partition coefficient (Wildman–Crippen LogP) is 2.04. The van der Waals surface area contributed by atoms with Gasteiger partial charge in [0.05, 0.1) is 18.9 Å². The summed E-state index contributed by atoms with van der Waals surface area (Å²) in [4.78, 5) is 12.3. The number of nitrogens with zero attached hydrogens (tertiary/aromatic N) is 2. The van der Waals surface area contributed by atoms with E-state index in [1.807, 2.05) is 6.92 Å². The van der Waals surface area contributed by atoms with Gasteiger partial charge >= 0.3 is 0 Å². The Labute approximate surface area is 99.0 Å². The Bertz CT molecular complexity index is 518. The first-order valence-corrected chi connectivity index (χ1v) is 5.37. The van der Waals surface area contributed by atoms with Gasteiger partial charge in [0.2, 0.25) is 5.78 Å². The first-order valence-electron chi connectivity index (χ1n) is 5.37. The summed E-state index contributed by atoms with van der Waals surface area (Å²) in [5, 5.41) is 4.10. The SMILES string of the molecule is CCn1ncc(OC)c1C(=O)c1coc(C)c1. The van der Waals surface area contributed by atoms with E-state index in [9.17, 15) is 4.79 Å². The highest BCUT2D eigenvalue weighted by atomic mass is 16.5. The van der Waals surface area contributed by atoms with E-state index in [-0.39, 0.29) is 5.78 Å². The van der Waals surface area contributed by atoms with E-state index >= 15 is 0 Å². The highest BCUT2D eigenvalue weighted by Gasteiger charge is 2.21. The minimum atomic E-state index is -0.141. The fraction of sp³-hybridized carbons (Fsp3) is 0.333. The monoisotopic (exact) mass is 234 g/mol. The molecule has 0 radical (unpaired) electrons. The Morgan fingerprint density at radius 2 is 2.35 bits per heavy atom. The summed E-state index contributed by atoms with van der Waals surface area (Å²) in [7, 11) is 1.52. The van der Waals surface area contributed by atoms with Gasteiger partial charge in [0.25, 0.3) is 0 Å². The molecular formula is C12H14N2O3. The molecule has 0 aliphatic rings. The van der Waals surface area contributed by atoms with Crippen LogP contribution in [0.3, 0.4) is 0 Å². The summed E-state index contributed by atoms with van der Waals surface area (Å²) in [6.07, 6.45) is 2.99. The molecule has 0 saturated heterocycles. The molecule has 0 atom stereocenters. The topological polar surface area (TPSA) is 57.3 Å². The fourth-order valence-corrected chi connectivity index (χ4v) is 1.69. The molecule has 0 fully saturated rings. The summed E-state index contributed by atoms with van der Waals surface area (Å²) in [6.45, 7) is 4.33. The molecule has 0 N–H and O–H groups in total. The Hall–Kier alpha value is -2.04. The number of aromatic nitrogens is 2. The number of carbonyl (C=O) groups excluding carboxylic acids is 1. The summed E-state index contributed by atoms with van der Waals surface area (Å²) < 4.78 is 11.9.